The Labute approximate surface area is 109 Å². The van der Waals surface area contributed by atoms with E-state index in [0.29, 0.717) is 19.7 Å². The second kappa shape index (κ2) is 5.82. The second-order valence-electron chi connectivity index (χ2n) is 4.64. The highest BCUT2D eigenvalue weighted by Crippen LogP contribution is 2.14. The van der Waals surface area contributed by atoms with Crippen LogP contribution >= 0.6 is 0 Å². The monoisotopic (exact) mass is 269 g/mol. The Hall–Kier alpha value is -0.910. The van der Waals surface area contributed by atoms with Gasteiger partial charge in [0.05, 0.1) is 19.0 Å². The third kappa shape index (κ3) is 3.80. The van der Waals surface area contributed by atoms with Crippen LogP contribution in [0.15, 0.2) is 30.3 Å². The van der Waals surface area contributed by atoms with Crippen molar-refractivity contribution < 1.29 is 13.2 Å². The largest absolute Gasteiger partial charge is 0.375 e. The lowest BCUT2D eigenvalue weighted by Crippen LogP contribution is -2.45. The predicted octanol–water partition coefficient (Wildman–Crippen LogP) is 1.28. The molecule has 2 rings (SSSR count). The van der Waals surface area contributed by atoms with Gasteiger partial charge < -0.3 is 4.74 Å². The van der Waals surface area contributed by atoms with Crippen molar-refractivity contribution in [3.8, 4) is 0 Å². The van der Waals surface area contributed by atoms with Gasteiger partial charge in [0.25, 0.3) is 0 Å². The van der Waals surface area contributed by atoms with Crippen molar-refractivity contribution in [1.82, 2.24) is 4.31 Å². The summed E-state index contributed by atoms with van der Waals surface area (Å²) in [5.74, 6) is 0. The van der Waals surface area contributed by atoms with Crippen molar-refractivity contribution in [1.29, 1.82) is 0 Å². The molecule has 0 bridgehead atoms. The summed E-state index contributed by atoms with van der Waals surface area (Å²) in [7, 11) is -3.09. The summed E-state index contributed by atoms with van der Waals surface area (Å²) in [4.78, 5) is 0. The molecule has 1 fully saturated rings. The average molecular weight is 269 g/mol. The third-order valence-electron chi connectivity index (χ3n) is 3.17. The van der Waals surface area contributed by atoms with Gasteiger partial charge in [-0.3, -0.25) is 0 Å². The molecule has 1 atom stereocenters. The normalized spacial score (nSPS) is 21.9. The van der Waals surface area contributed by atoms with E-state index >= 15 is 0 Å². The standard InChI is InChI=1S/C13H19NO3S/c1-18(15,16)14-9-10-17-13(11-14)8-7-12-5-3-2-4-6-12/h2-6,13H,7-11H2,1H3. The van der Waals surface area contributed by atoms with Crippen LogP contribution < -0.4 is 0 Å². The van der Waals surface area contributed by atoms with Gasteiger partial charge >= 0.3 is 0 Å². The average Bonchev–Trinajstić information content (AvgIpc) is 2.37. The van der Waals surface area contributed by atoms with Crippen LogP contribution in [0.5, 0.6) is 0 Å². The van der Waals surface area contributed by atoms with E-state index in [9.17, 15) is 8.42 Å². The van der Waals surface area contributed by atoms with E-state index in [1.54, 1.807) is 0 Å². The van der Waals surface area contributed by atoms with E-state index in [0.717, 1.165) is 12.8 Å². The zero-order valence-corrected chi connectivity index (χ0v) is 11.4. The predicted molar refractivity (Wildman–Crippen MR) is 70.9 cm³/mol. The van der Waals surface area contributed by atoms with Crippen molar-refractivity contribution in [3.05, 3.63) is 35.9 Å². The fourth-order valence-electron chi connectivity index (χ4n) is 2.14. The number of morpholine rings is 1. The summed E-state index contributed by atoms with van der Waals surface area (Å²) in [6, 6.07) is 10.2. The summed E-state index contributed by atoms with van der Waals surface area (Å²) < 4.78 is 30.1. The number of rotatable bonds is 4. The number of hydrogen-bond acceptors (Lipinski definition) is 3. The van der Waals surface area contributed by atoms with Crippen LogP contribution in [0.25, 0.3) is 0 Å². The molecular formula is C13H19NO3S. The molecule has 1 aliphatic heterocycles. The molecule has 18 heavy (non-hydrogen) atoms. The highest BCUT2D eigenvalue weighted by Gasteiger charge is 2.26. The second-order valence-corrected chi connectivity index (χ2v) is 6.62. The molecule has 0 aliphatic carbocycles. The minimum atomic E-state index is -3.09. The Bertz CT molecular complexity index is 472. The maximum absolute atomic E-state index is 11.5. The van der Waals surface area contributed by atoms with Crippen molar-refractivity contribution in [2.75, 3.05) is 26.0 Å². The zero-order valence-electron chi connectivity index (χ0n) is 10.6. The number of hydrogen-bond donors (Lipinski definition) is 0. The molecule has 5 heteroatoms. The van der Waals surface area contributed by atoms with Gasteiger partial charge in [-0.2, -0.15) is 4.31 Å². The van der Waals surface area contributed by atoms with Gasteiger partial charge in [0.1, 0.15) is 0 Å². The number of ether oxygens (including phenoxy) is 1. The minimum absolute atomic E-state index is 0.00804. The first-order valence-electron chi connectivity index (χ1n) is 6.16. The van der Waals surface area contributed by atoms with Crippen molar-refractivity contribution in [2.45, 2.75) is 18.9 Å². The van der Waals surface area contributed by atoms with Gasteiger partial charge in [-0.1, -0.05) is 30.3 Å². The summed E-state index contributed by atoms with van der Waals surface area (Å²) in [6.07, 6.45) is 3.04. The summed E-state index contributed by atoms with van der Waals surface area (Å²) in [5.41, 5.74) is 1.26. The molecule has 1 saturated heterocycles. The van der Waals surface area contributed by atoms with E-state index < -0.39 is 10.0 Å². The van der Waals surface area contributed by atoms with Crippen LogP contribution in [-0.2, 0) is 21.2 Å². The van der Waals surface area contributed by atoms with Gasteiger partial charge in [0, 0.05) is 13.1 Å². The molecule has 0 radical (unpaired) electrons. The lowest BCUT2D eigenvalue weighted by Gasteiger charge is -2.31. The van der Waals surface area contributed by atoms with E-state index in [4.69, 9.17) is 4.74 Å². The lowest BCUT2D eigenvalue weighted by atomic mass is 10.1. The van der Waals surface area contributed by atoms with Crippen LogP contribution in [0.2, 0.25) is 0 Å². The Balaban J connectivity index is 1.87. The Morgan fingerprint density at radius 3 is 2.72 bits per heavy atom. The maximum Gasteiger partial charge on any atom is 0.211 e. The number of sulfonamides is 1. The number of nitrogens with zero attached hydrogens (tertiary/aromatic N) is 1. The van der Waals surface area contributed by atoms with Crippen molar-refractivity contribution in [2.24, 2.45) is 0 Å². The smallest absolute Gasteiger partial charge is 0.211 e. The summed E-state index contributed by atoms with van der Waals surface area (Å²) in [5, 5.41) is 0. The Morgan fingerprint density at radius 2 is 2.06 bits per heavy atom. The van der Waals surface area contributed by atoms with Crippen molar-refractivity contribution >= 4 is 10.0 Å². The molecule has 1 aromatic carbocycles. The van der Waals surface area contributed by atoms with Gasteiger partial charge in [-0.05, 0) is 18.4 Å². The van der Waals surface area contributed by atoms with Crippen molar-refractivity contribution in [3.63, 3.8) is 0 Å². The highest BCUT2D eigenvalue weighted by molar-refractivity contribution is 7.88. The molecule has 0 amide bonds. The van der Waals surface area contributed by atoms with Crippen LogP contribution in [0.4, 0.5) is 0 Å². The van der Waals surface area contributed by atoms with E-state index in [1.807, 2.05) is 18.2 Å². The molecule has 0 aromatic heterocycles. The van der Waals surface area contributed by atoms with Crippen LogP contribution in [0.1, 0.15) is 12.0 Å². The summed E-state index contributed by atoms with van der Waals surface area (Å²) >= 11 is 0. The van der Waals surface area contributed by atoms with E-state index in [1.165, 1.54) is 16.1 Å². The quantitative estimate of drug-likeness (QED) is 0.827. The van der Waals surface area contributed by atoms with E-state index in [-0.39, 0.29) is 6.10 Å². The molecular weight excluding hydrogens is 250 g/mol. The van der Waals surface area contributed by atoms with Gasteiger partial charge in [-0.25, -0.2) is 8.42 Å². The molecule has 0 saturated carbocycles. The molecule has 0 spiro atoms. The van der Waals surface area contributed by atoms with E-state index in [2.05, 4.69) is 12.1 Å². The van der Waals surface area contributed by atoms with Crippen LogP contribution in [0.3, 0.4) is 0 Å². The first kappa shape index (κ1) is 13.5. The minimum Gasteiger partial charge on any atom is -0.375 e. The van der Waals surface area contributed by atoms with Gasteiger partial charge in [0.2, 0.25) is 10.0 Å². The maximum atomic E-state index is 11.5. The fraction of sp³-hybridized carbons (Fsp3) is 0.538. The fourth-order valence-corrected chi connectivity index (χ4v) is 2.98. The highest BCUT2D eigenvalue weighted by atomic mass is 32.2. The first-order chi connectivity index (χ1) is 8.55. The number of aryl methyl sites for hydroxylation is 1. The topological polar surface area (TPSA) is 46.6 Å². The lowest BCUT2D eigenvalue weighted by molar-refractivity contribution is -0.00506. The Morgan fingerprint density at radius 1 is 1.33 bits per heavy atom. The molecule has 1 aromatic rings. The van der Waals surface area contributed by atoms with Crippen LogP contribution in [0, 0.1) is 0 Å². The van der Waals surface area contributed by atoms with Gasteiger partial charge in [-0.15, -0.1) is 0 Å². The molecule has 100 valence electrons. The molecule has 0 N–H and O–H groups in total. The molecule has 1 aliphatic rings. The zero-order chi connectivity index (χ0) is 13.0. The molecule has 1 unspecified atom stereocenters. The third-order valence-corrected chi connectivity index (χ3v) is 4.44. The Kier molecular flexibility index (Phi) is 4.37. The summed E-state index contributed by atoms with van der Waals surface area (Å²) in [6.45, 7) is 1.44. The molecule has 1 heterocycles. The number of benzene rings is 1. The van der Waals surface area contributed by atoms with Crippen LogP contribution in [-0.4, -0.2) is 44.8 Å². The first-order valence-corrected chi connectivity index (χ1v) is 8.01. The molecule has 4 nitrogen and oxygen atoms in total. The van der Waals surface area contributed by atoms with Gasteiger partial charge in [0.15, 0.2) is 0 Å². The SMILES string of the molecule is CS(=O)(=O)N1CCOC(CCc2ccccc2)C1.